The Hall–Kier alpha value is -3.39. The molecule has 0 aliphatic rings. The van der Waals surface area contributed by atoms with Gasteiger partial charge >= 0.3 is 5.63 Å². The topological polar surface area (TPSA) is 74.7 Å². The van der Waals surface area contributed by atoms with Crippen LogP contribution in [0, 0.1) is 11.8 Å². The van der Waals surface area contributed by atoms with Crippen molar-refractivity contribution in [1.29, 1.82) is 0 Å². The normalized spacial score (nSPS) is 10.1. The molecule has 0 spiro atoms. The van der Waals surface area contributed by atoms with Crippen LogP contribution in [0.25, 0.3) is 10.8 Å². The predicted molar refractivity (Wildman–Crippen MR) is 92.4 cm³/mol. The smallest absolute Gasteiger partial charge is 0.344 e. The summed E-state index contributed by atoms with van der Waals surface area (Å²) in [5, 5.41) is 1.07. The molecule has 2 aromatic carbocycles. The van der Waals surface area contributed by atoms with E-state index in [1.807, 2.05) is 12.1 Å². The van der Waals surface area contributed by atoms with Crippen LogP contribution in [0.1, 0.15) is 11.3 Å². The fraction of sp³-hybridized carbons (Fsp3) is 0.105. The summed E-state index contributed by atoms with van der Waals surface area (Å²) in [6, 6.07) is 12.2. The number of benzene rings is 2. The quantitative estimate of drug-likeness (QED) is 0.580. The molecule has 1 aromatic heterocycles. The highest BCUT2D eigenvalue weighted by Gasteiger charge is 2.10. The molecule has 1 heterocycles. The standard InChI is InChI=1S/C19H15NO4/c1-22-17-10-13-9-15(7-6-12-4-3-5-14(20)8-12)24-19(21)16(13)11-18(17)23-2/h3-5,8-11H,20H2,1-2H3. The molecule has 0 aliphatic heterocycles. The highest BCUT2D eigenvalue weighted by atomic mass is 16.5. The second-order valence-corrected chi connectivity index (χ2v) is 5.07. The zero-order valence-corrected chi connectivity index (χ0v) is 13.3. The molecule has 3 aromatic rings. The maximum Gasteiger partial charge on any atom is 0.344 e. The molecule has 120 valence electrons. The summed E-state index contributed by atoms with van der Waals surface area (Å²) in [4.78, 5) is 12.2. The molecular formula is C19H15NO4. The van der Waals surface area contributed by atoms with Gasteiger partial charge < -0.3 is 19.6 Å². The van der Waals surface area contributed by atoms with Crippen LogP contribution < -0.4 is 20.8 Å². The van der Waals surface area contributed by atoms with E-state index in [0.29, 0.717) is 28.0 Å². The molecule has 0 unspecified atom stereocenters. The predicted octanol–water partition coefficient (Wildman–Crippen LogP) is 2.79. The first-order valence-electron chi connectivity index (χ1n) is 7.18. The van der Waals surface area contributed by atoms with Crippen LogP contribution in [-0.4, -0.2) is 14.2 Å². The molecule has 5 heteroatoms. The Labute approximate surface area is 138 Å². The highest BCUT2D eigenvalue weighted by molar-refractivity contribution is 5.85. The van der Waals surface area contributed by atoms with E-state index >= 15 is 0 Å². The zero-order chi connectivity index (χ0) is 17.1. The highest BCUT2D eigenvalue weighted by Crippen LogP contribution is 2.31. The molecule has 2 N–H and O–H groups in total. The number of nitrogens with two attached hydrogens (primary N) is 1. The summed E-state index contributed by atoms with van der Waals surface area (Å²) in [5.74, 6) is 7.04. The summed E-state index contributed by atoms with van der Waals surface area (Å²) in [6.45, 7) is 0. The Morgan fingerprint density at radius 2 is 1.75 bits per heavy atom. The number of ether oxygens (including phenoxy) is 2. The first-order valence-corrected chi connectivity index (χ1v) is 7.18. The molecule has 0 radical (unpaired) electrons. The molecule has 24 heavy (non-hydrogen) atoms. The fourth-order valence-electron chi connectivity index (χ4n) is 2.33. The van der Waals surface area contributed by atoms with Crippen molar-refractivity contribution in [3.63, 3.8) is 0 Å². The van der Waals surface area contributed by atoms with Gasteiger partial charge in [-0.05, 0) is 47.7 Å². The monoisotopic (exact) mass is 321 g/mol. The van der Waals surface area contributed by atoms with Crippen molar-refractivity contribution in [1.82, 2.24) is 0 Å². The minimum Gasteiger partial charge on any atom is -0.493 e. The van der Waals surface area contributed by atoms with Crippen LogP contribution in [0.15, 0.2) is 51.7 Å². The van der Waals surface area contributed by atoms with Crippen LogP contribution in [0.3, 0.4) is 0 Å². The van der Waals surface area contributed by atoms with Crippen molar-refractivity contribution in [2.45, 2.75) is 0 Å². The van der Waals surface area contributed by atoms with Gasteiger partial charge in [-0.15, -0.1) is 0 Å². The minimum atomic E-state index is -0.481. The largest absolute Gasteiger partial charge is 0.493 e. The summed E-state index contributed by atoms with van der Waals surface area (Å²) in [6.07, 6.45) is 0. The molecule has 0 amide bonds. The van der Waals surface area contributed by atoms with Gasteiger partial charge in [-0.1, -0.05) is 12.0 Å². The van der Waals surface area contributed by atoms with E-state index in [1.165, 1.54) is 14.2 Å². The SMILES string of the molecule is COc1cc2cc(C#Cc3cccc(N)c3)oc(=O)c2cc1OC. The van der Waals surface area contributed by atoms with Crippen molar-refractivity contribution >= 4 is 16.5 Å². The van der Waals surface area contributed by atoms with E-state index in [-0.39, 0.29) is 5.76 Å². The van der Waals surface area contributed by atoms with Crippen molar-refractivity contribution in [2.75, 3.05) is 20.0 Å². The van der Waals surface area contributed by atoms with Crippen LogP contribution in [-0.2, 0) is 0 Å². The third-order valence-corrected chi connectivity index (χ3v) is 3.48. The molecule has 0 saturated heterocycles. The average Bonchev–Trinajstić information content (AvgIpc) is 2.59. The van der Waals surface area contributed by atoms with Crippen LogP contribution in [0.5, 0.6) is 11.5 Å². The molecule has 5 nitrogen and oxygen atoms in total. The van der Waals surface area contributed by atoms with E-state index in [0.717, 1.165) is 5.56 Å². The average molecular weight is 321 g/mol. The molecule has 3 rings (SSSR count). The second-order valence-electron chi connectivity index (χ2n) is 5.07. The Morgan fingerprint density at radius 3 is 2.46 bits per heavy atom. The third-order valence-electron chi connectivity index (χ3n) is 3.48. The van der Waals surface area contributed by atoms with Crippen molar-refractivity contribution in [3.05, 3.63) is 64.2 Å². The third kappa shape index (κ3) is 3.03. The van der Waals surface area contributed by atoms with Gasteiger partial charge in [-0.25, -0.2) is 4.79 Å². The number of hydrogen-bond acceptors (Lipinski definition) is 5. The number of methoxy groups -OCH3 is 2. The van der Waals surface area contributed by atoms with Crippen molar-refractivity contribution < 1.29 is 13.9 Å². The summed E-state index contributed by atoms with van der Waals surface area (Å²) < 4.78 is 15.7. The van der Waals surface area contributed by atoms with Gasteiger partial charge in [0.15, 0.2) is 17.3 Å². The number of anilines is 1. The zero-order valence-electron chi connectivity index (χ0n) is 13.3. The summed E-state index contributed by atoms with van der Waals surface area (Å²) in [7, 11) is 3.05. The van der Waals surface area contributed by atoms with Crippen LogP contribution in [0.4, 0.5) is 5.69 Å². The Morgan fingerprint density at radius 1 is 1.00 bits per heavy atom. The van der Waals surface area contributed by atoms with E-state index in [2.05, 4.69) is 11.8 Å². The number of fused-ring (bicyclic) bond motifs is 1. The van der Waals surface area contributed by atoms with Crippen molar-refractivity contribution in [2.24, 2.45) is 0 Å². The lowest BCUT2D eigenvalue weighted by Gasteiger charge is -2.08. The molecular weight excluding hydrogens is 306 g/mol. The van der Waals surface area contributed by atoms with E-state index in [9.17, 15) is 4.79 Å². The molecule has 0 atom stereocenters. The lowest BCUT2D eigenvalue weighted by Crippen LogP contribution is -2.02. The lowest BCUT2D eigenvalue weighted by atomic mass is 10.1. The number of nitrogen functional groups attached to an aromatic ring is 1. The van der Waals surface area contributed by atoms with E-state index in [1.54, 1.807) is 30.3 Å². The van der Waals surface area contributed by atoms with E-state index in [4.69, 9.17) is 19.6 Å². The minimum absolute atomic E-state index is 0.266. The van der Waals surface area contributed by atoms with Gasteiger partial charge in [0.05, 0.1) is 19.6 Å². The van der Waals surface area contributed by atoms with E-state index < -0.39 is 5.63 Å². The summed E-state index contributed by atoms with van der Waals surface area (Å²) >= 11 is 0. The fourth-order valence-corrected chi connectivity index (χ4v) is 2.33. The van der Waals surface area contributed by atoms with Gasteiger partial charge in [0.2, 0.25) is 0 Å². The van der Waals surface area contributed by atoms with Crippen LogP contribution in [0.2, 0.25) is 0 Å². The molecule has 0 saturated carbocycles. The van der Waals surface area contributed by atoms with Gasteiger partial charge in [0.25, 0.3) is 0 Å². The first-order chi connectivity index (χ1) is 11.6. The van der Waals surface area contributed by atoms with Gasteiger partial charge in [0.1, 0.15) is 0 Å². The molecule has 0 aliphatic carbocycles. The van der Waals surface area contributed by atoms with Crippen LogP contribution >= 0.6 is 0 Å². The Bertz CT molecular complexity index is 1020. The molecule has 0 fully saturated rings. The summed E-state index contributed by atoms with van der Waals surface area (Å²) in [5.41, 5.74) is 6.60. The Balaban J connectivity index is 2.10. The lowest BCUT2D eigenvalue weighted by molar-refractivity contribution is 0.355. The Kier molecular flexibility index (Phi) is 4.13. The van der Waals surface area contributed by atoms with Gasteiger partial charge in [0, 0.05) is 11.3 Å². The second kappa shape index (κ2) is 6.39. The van der Waals surface area contributed by atoms with Crippen molar-refractivity contribution in [3.8, 4) is 23.3 Å². The van der Waals surface area contributed by atoms with Gasteiger partial charge in [-0.3, -0.25) is 0 Å². The maximum atomic E-state index is 12.2. The number of hydrogen-bond donors (Lipinski definition) is 1. The van der Waals surface area contributed by atoms with Gasteiger partial charge in [-0.2, -0.15) is 0 Å². The number of rotatable bonds is 2. The first kappa shape index (κ1) is 15.5. The molecule has 0 bridgehead atoms. The maximum absolute atomic E-state index is 12.2.